The van der Waals surface area contributed by atoms with Crippen LogP contribution >= 0.6 is 11.3 Å². The summed E-state index contributed by atoms with van der Waals surface area (Å²) in [6, 6.07) is 2.13. The molecule has 200 valence electrons. The number of sulfone groups is 1. The molecule has 4 N–H and O–H groups in total. The van der Waals surface area contributed by atoms with Crippen LogP contribution < -0.4 is 10.6 Å². The number of rotatable bonds is 9. The maximum atomic E-state index is 11.9. The number of fused-ring (bicyclic) bond motifs is 1. The summed E-state index contributed by atoms with van der Waals surface area (Å²) < 4.78 is 24.7. The van der Waals surface area contributed by atoms with Crippen LogP contribution in [-0.2, 0) is 16.3 Å². The summed E-state index contributed by atoms with van der Waals surface area (Å²) in [5.41, 5.74) is 1.31. The Morgan fingerprint density at radius 3 is 2.68 bits per heavy atom. The van der Waals surface area contributed by atoms with Crippen molar-refractivity contribution in [3.05, 3.63) is 23.7 Å². The second-order valence-electron chi connectivity index (χ2n) is 10.5. The van der Waals surface area contributed by atoms with E-state index >= 15 is 0 Å². The van der Waals surface area contributed by atoms with E-state index in [1.165, 1.54) is 24.2 Å². The third kappa shape index (κ3) is 5.43. The Labute approximate surface area is 220 Å². The third-order valence-corrected chi connectivity index (χ3v) is 9.46. The fraction of sp³-hybridized carbons (Fsp3) is 0.600. The Balaban J connectivity index is 1.56. The smallest absolute Gasteiger partial charge is 0.225 e. The van der Waals surface area contributed by atoms with E-state index in [0.29, 0.717) is 40.4 Å². The van der Waals surface area contributed by atoms with E-state index in [4.69, 9.17) is 15.0 Å². The zero-order valence-electron chi connectivity index (χ0n) is 21.5. The lowest BCUT2D eigenvalue weighted by molar-refractivity contribution is -0.0442. The number of nitrogens with one attached hydrogen (secondary N) is 2. The molecule has 12 heteroatoms. The van der Waals surface area contributed by atoms with E-state index in [9.17, 15) is 18.6 Å². The van der Waals surface area contributed by atoms with Gasteiger partial charge in [-0.25, -0.2) is 18.4 Å². The van der Waals surface area contributed by atoms with Gasteiger partial charge in [0.05, 0.1) is 27.4 Å². The summed E-state index contributed by atoms with van der Waals surface area (Å²) in [5.74, 6) is 0.604. The minimum Gasteiger partial charge on any atom is -0.388 e. The second kappa shape index (κ2) is 9.72. The Morgan fingerprint density at radius 2 is 2.00 bits per heavy atom. The predicted molar refractivity (Wildman–Crippen MR) is 145 cm³/mol. The molecule has 3 aromatic rings. The maximum absolute atomic E-state index is 11.9. The molecule has 0 aromatic carbocycles. The standard InChI is InChI=1S/C25H34N6O4S2/c1-5-17-20-18(9-11-26-17)36-23(29-20)19-14(3)28-24(27-13(2)15-6-7-15)30-22(19)31-25(33)10-8-16(21(25)32)12-37(4,34)35/h9,11,13,15-16,21,32-33H,5-8,10,12H2,1-4H3,(H2,27,28,30,31). The first kappa shape index (κ1) is 26.2. The Kier molecular flexibility index (Phi) is 6.88. The highest BCUT2D eigenvalue weighted by Crippen LogP contribution is 2.42. The molecule has 0 aliphatic heterocycles. The number of hydrogen-bond donors (Lipinski definition) is 4. The SMILES string of the molecule is CCc1nccc2sc(-c3c(C)nc(NC(C)C4CC4)nc3NC3(O)CCC(CS(C)(=O)=O)C3O)nc12. The van der Waals surface area contributed by atoms with Crippen molar-refractivity contribution in [2.75, 3.05) is 22.6 Å². The number of anilines is 2. The highest BCUT2D eigenvalue weighted by atomic mass is 32.2. The summed E-state index contributed by atoms with van der Waals surface area (Å²) in [6.45, 7) is 6.02. The molecule has 5 rings (SSSR count). The van der Waals surface area contributed by atoms with E-state index in [0.717, 1.165) is 28.6 Å². The maximum Gasteiger partial charge on any atom is 0.225 e. The van der Waals surface area contributed by atoms with E-state index in [1.807, 2.05) is 19.9 Å². The number of aromatic nitrogens is 4. The van der Waals surface area contributed by atoms with Crippen molar-refractivity contribution in [1.29, 1.82) is 0 Å². The van der Waals surface area contributed by atoms with E-state index in [2.05, 4.69) is 22.5 Å². The number of aliphatic hydroxyl groups is 2. The Bertz CT molecular complexity index is 1420. The molecule has 2 fully saturated rings. The van der Waals surface area contributed by atoms with E-state index in [1.54, 1.807) is 6.20 Å². The van der Waals surface area contributed by atoms with E-state index < -0.39 is 27.6 Å². The van der Waals surface area contributed by atoms with Crippen molar-refractivity contribution >= 4 is 43.2 Å². The van der Waals surface area contributed by atoms with Gasteiger partial charge in [0.2, 0.25) is 5.95 Å². The average molecular weight is 547 g/mol. The molecule has 10 nitrogen and oxygen atoms in total. The summed E-state index contributed by atoms with van der Waals surface area (Å²) >= 11 is 1.49. The molecular weight excluding hydrogens is 512 g/mol. The first-order chi connectivity index (χ1) is 17.5. The molecular formula is C25H34N6O4S2. The van der Waals surface area contributed by atoms with Gasteiger partial charge in [-0.15, -0.1) is 11.3 Å². The zero-order chi connectivity index (χ0) is 26.5. The van der Waals surface area contributed by atoms with Crippen LogP contribution in [-0.4, -0.2) is 68.4 Å². The van der Waals surface area contributed by atoms with Crippen molar-refractivity contribution in [3.63, 3.8) is 0 Å². The normalized spacial score (nSPS) is 24.9. The number of aryl methyl sites for hydroxylation is 2. The van der Waals surface area contributed by atoms with Gasteiger partial charge >= 0.3 is 0 Å². The third-order valence-electron chi connectivity index (χ3n) is 7.39. The molecule has 37 heavy (non-hydrogen) atoms. The lowest BCUT2D eigenvalue weighted by Crippen LogP contribution is -2.48. The molecule has 2 aliphatic rings. The Hall–Kier alpha value is -2.41. The van der Waals surface area contributed by atoms with Crippen LogP contribution in [0, 0.1) is 18.8 Å². The molecule has 0 bridgehead atoms. The fourth-order valence-electron chi connectivity index (χ4n) is 5.18. The molecule has 2 aliphatic carbocycles. The molecule has 3 heterocycles. The summed E-state index contributed by atoms with van der Waals surface area (Å²) in [4.78, 5) is 18.8. The van der Waals surface area contributed by atoms with Gasteiger partial charge in [0.15, 0.2) is 5.72 Å². The molecule has 4 atom stereocenters. The lowest BCUT2D eigenvalue weighted by Gasteiger charge is -2.31. The number of nitrogens with zero attached hydrogens (tertiary/aromatic N) is 4. The van der Waals surface area contributed by atoms with Crippen LogP contribution in [0.15, 0.2) is 12.3 Å². The number of hydrogen-bond acceptors (Lipinski definition) is 11. The predicted octanol–water partition coefficient (Wildman–Crippen LogP) is 3.15. The molecule has 2 saturated carbocycles. The van der Waals surface area contributed by atoms with Crippen LogP contribution in [0.1, 0.15) is 50.9 Å². The van der Waals surface area contributed by atoms with Gasteiger partial charge in [-0.3, -0.25) is 4.98 Å². The van der Waals surface area contributed by atoms with Gasteiger partial charge in [-0.1, -0.05) is 6.92 Å². The van der Waals surface area contributed by atoms with Gasteiger partial charge < -0.3 is 20.8 Å². The largest absolute Gasteiger partial charge is 0.388 e. The highest BCUT2D eigenvalue weighted by molar-refractivity contribution is 7.90. The molecule has 0 spiro atoms. The molecule has 4 unspecified atom stereocenters. The molecule has 0 amide bonds. The number of pyridine rings is 1. The first-order valence-corrected chi connectivity index (χ1v) is 15.6. The highest BCUT2D eigenvalue weighted by Gasteiger charge is 2.48. The zero-order valence-corrected chi connectivity index (χ0v) is 23.2. The van der Waals surface area contributed by atoms with Gasteiger partial charge in [-0.05, 0) is 57.9 Å². The van der Waals surface area contributed by atoms with Gasteiger partial charge in [0, 0.05) is 24.4 Å². The fourth-order valence-corrected chi connectivity index (χ4v) is 7.39. The Morgan fingerprint density at radius 1 is 1.24 bits per heavy atom. The number of aliphatic hydroxyl groups excluding tert-OH is 1. The van der Waals surface area contributed by atoms with Crippen molar-refractivity contribution < 1.29 is 18.6 Å². The van der Waals surface area contributed by atoms with Crippen LogP contribution in [0.5, 0.6) is 0 Å². The van der Waals surface area contributed by atoms with Gasteiger partial charge in [-0.2, -0.15) is 4.98 Å². The van der Waals surface area contributed by atoms with Crippen molar-refractivity contribution in [1.82, 2.24) is 19.9 Å². The topological polar surface area (TPSA) is 150 Å². The monoisotopic (exact) mass is 546 g/mol. The van der Waals surface area contributed by atoms with Crippen molar-refractivity contribution in [2.24, 2.45) is 11.8 Å². The minimum atomic E-state index is -3.31. The van der Waals surface area contributed by atoms with Gasteiger partial charge in [0.25, 0.3) is 0 Å². The van der Waals surface area contributed by atoms with Gasteiger partial charge in [0.1, 0.15) is 32.3 Å². The van der Waals surface area contributed by atoms with Crippen LogP contribution in [0.25, 0.3) is 20.8 Å². The quantitative estimate of drug-likeness (QED) is 0.295. The summed E-state index contributed by atoms with van der Waals surface area (Å²) in [5, 5.41) is 29.6. The minimum absolute atomic E-state index is 0.182. The first-order valence-electron chi connectivity index (χ1n) is 12.7. The van der Waals surface area contributed by atoms with Crippen molar-refractivity contribution in [3.8, 4) is 10.6 Å². The lowest BCUT2D eigenvalue weighted by atomic mass is 10.0. The van der Waals surface area contributed by atoms with Crippen LogP contribution in [0.2, 0.25) is 0 Å². The van der Waals surface area contributed by atoms with E-state index in [-0.39, 0.29) is 18.2 Å². The van der Waals surface area contributed by atoms with Crippen LogP contribution in [0.3, 0.4) is 0 Å². The van der Waals surface area contributed by atoms with Crippen molar-refractivity contribution in [2.45, 2.75) is 70.7 Å². The average Bonchev–Trinajstić information content (AvgIpc) is 3.53. The van der Waals surface area contributed by atoms with Crippen LogP contribution in [0.4, 0.5) is 11.8 Å². The second-order valence-corrected chi connectivity index (χ2v) is 13.7. The summed E-state index contributed by atoms with van der Waals surface area (Å²) in [7, 11) is -3.31. The molecule has 0 radical (unpaired) electrons. The molecule has 3 aromatic heterocycles. The number of thiazole rings is 1. The summed E-state index contributed by atoms with van der Waals surface area (Å²) in [6.07, 6.45) is 5.27. The molecule has 0 saturated heterocycles.